The Labute approximate surface area is 430 Å². The van der Waals surface area contributed by atoms with E-state index < -0.39 is 84.0 Å². The summed E-state index contributed by atoms with van der Waals surface area (Å²) in [5.74, 6) is 1.42. The summed E-state index contributed by atoms with van der Waals surface area (Å²) in [6, 6.07) is 29.7. The predicted octanol–water partition coefficient (Wildman–Crippen LogP) is 15.4. The van der Waals surface area contributed by atoms with Gasteiger partial charge in [-0.05, 0) is 97.6 Å². The minimum atomic E-state index is -0.728. The van der Waals surface area contributed by atoms with Gasteiger partial charge in [0.1, 0.15) is 11.5 Å². The van der Waals surface area contributed by atoms with E-state index in [0.29, 0.717) is 33.8 Å². The van der Waals surface area contributed by atoms with Gasteiger partial charge < -0.3 is 9.30 Å². The largest absolute Gasteiger partial charge is 0.509 e. The number of ether oxygens (including phenoxy) is 1. The van der Waals surface area contributed by atoms with Crippen LogP contribution in [0.15, 0.2) is 188 Å². The number of para-hydroxylation sites is 2. The molecule has 0 bridgehead atoms. The zero-order valence-corrected chi connectivity index (χ0v) is 40.2. The number of imidazole rings is 1. The second kappa shape index (κ2) is 16.5. The zero-order chi connectivity index (χ0) is 56.9. The molecular formula is C62H49N4OPt-. The van der Waals surface area contributed by atoms with Crippen LogP contribution >= 0.6 is 0 Å². The monoisotopic (exact) mass is 1070 g/mol. The molecule has 6 heteroatoms. The van der Waals surface area contributed by atoms with Crippen LogP contribution < -0.4 is 9.30 Å². The summed E-state index contributed by atoms with van der Waals surface area (Å²) in [6.45, 7) is 12.2. The number of pyridine rings is 1. The normalized spacial score (nSPS) is 14.8. The van der Waals surface area contributed by atoms with Crippen molar-refractivity contribution in [3.05, 3.63) is 211 Å². The zero-order valence-electron chi connectivity index (χ0n) is 50.9. The van der Waals surface area contributed by atoms with Crippen LogP contribution in [-0.4, -0.2) is 14.1 Å². The van der Waals surface area contributed by atoms with Crippen LogP contribution in [0.1, 0.15) is 70.5 Å². The SMILES string of the molecule is [2H]c1c([2H])c([2H])c(-c2cc(C(C)(C)C)cc3c2-[n+]2cn(-c4[c-]c(Oc5[c-]c6c(cc5)c5ccccc5n6-c5cc(C(C)(C)C)ccn5)ccc4)c4cccc(c42)-c2c([2H])c([2H])c([2H])c([2H])c2-c2c([2H])c([2H])c([2H])c([2H])c2-3)c([2H])c1[2H].[Pt]. The van der Waals surface area contributed by atoms with Gasteiger partial charge in [0.15, 0.2) is 11.0 Å². The van der Waals surface area contributed by atoms with Gasteiger partial charge >= 0.3 is 0 Å². The van der Waals surface area contributed by atoms with E-state index in [4.69, 9.17) is 19.3 Å². The maximum atomic E-state index is 9.76. The van der Waals surface area contributed by atoms with Crippen molar-refractivity contribution in [1.82, 2.24) is 14.1 Å². The molecule has 12 rings (SSSR count). The average molecular weight is 1070 g/mol. The molecular weight excluding hydrogens is 1010 g/mol. The summed E-state index contributed by atoms with van der Waals surface area (Å²) in [5, 5.41) is 1.96. The first-order valence-corrected chi connectivity index (χ1v) is 22.1. The van der Waals surface area contributed by atoms with Crippen molar-refractivity contribution >= 4 is 32.8 Å². The molecule has 0 unspecified atom stereocenters. The number of nitrogens with zero attached hydrogens (tertiary/aromatic N) is 4. The second-order valence-electron chi connectivity index (χ2n) is 18.8. The molecule has 8 aromatic carbocycles. The maximum Gasteiger partial charge on any atom is 0.253 e. The topological polar surface area (TPSA) is 35.9 Å². The summed E-state index contributed by atoms with van der Waals surface area (Å²) in [4.78, 5) is 4.82. The molecule has 3 aromatic heterocycles. The van der Waals surface area contributed by atoms with Crippen LogP contribution in [0.4, 0.5) is 0 Å². The third-order valence-electron chi connectivity index (χ3n) is 12.5. The first-order chi connectivity index (χ1) is 37.9. The van der Waals surface area contributed by atoms with Gasteiger partial charge in [-0.15, -0.1) is 29.7 Å². The molecule has 0 atom stereocenters. The van der Waals surface area contributed by atoms with Crippen LogP contribution in [0.25, 0.3) is 94.5 Å². The Morgan fingerprint density at radius 2 is 1.19 bits per heavy atom. The van der Waals surface area contributed by atoms with E-state index in [1.54, 1.807) is 64.0 Å². The third-order valence-corrected chi connectivity index (χ3v) is 12.5. The number of benzene rings is 8. The van der Waals surface area contributed by atoms with Gasteiger partial charge in [0.05, 0.1) is 17.8 Å². The summed E-state index contributed by atoms with van der Waals surface area (Å²) in [5.41, 5.74) is 3.69. The second-order valence-corrected chi connectivity index (χ2v) is 18.8. The van der Waals surface area contributed by atoms with Crippen LogP contribution in [-0.2, 0) is 31.9 Å². The van der Waals surface area contributed by atoms with Crippen molar-refractivity contribution in [2.24, 2.45) is 0 Å². The van der Waals surface area contributed by atoms with Crippen LogP contribution in [0.2, 0.25) is 0 Å². The van der Waals surface area contributed by atoms with Crippen LogP contribution in [0, 0.1) is 12.1 Å². The average Bonchev–Trinajstić information content (AvgIpc) is 4.25. The van der Waals surface area contributed by atoms with E-state index in [0.717, 1.165) is 33.2 Å². The van der Waals surface area contributed by atoms with Gasteiger partial charge in [-0.25, -0.2) is 9.55 Å². The number of rotatable bonds is 5. The molecule has 0 spiro atoms. The van der Waals surface area contributed by atoms with Crippen LogP contribution in [0.3, 0.4) is 0 Å². The molecule has 5 nitrogen and oxygen atoms in total. The fourth-order valence-corrected chi connectivity index (χ4v) is 9.21. The molecule has 0 aliphatic carbocycles. The number of hydrogen-bond donors (Lipinski definition) is 0. The van der Waals surface area contributed by atoms with Crippen molar-refractivity contribution in [3.63, 3.8) is 0 Å². The van der Waals surface area contributed by atoms with E-state index in [9.17, 15) is 8.22 Å². The molecule has 11 aromatic rings. The van der Waals surface area contributed by atoms with E-state index >= 15 is 0 Å². The smallest absolute Gasteiger partial charge is 0.253 e. The van der Waals surface area contributed by atoms with E-state index in [1.807, 2.05) is 63.4 Å². The number of aromatic nitrogens is 4. The van der Waals surface area contributed by atoms with Crippen molar-refractivity contribution in [2.45, 2.75) is 52.4 Å². The van der Waals surface area contributed by atoms with Gasteiger partial charge in [-0.3, -0.25) is 0 Å². The molecule has 1 aliphatic rings. The van der Waals surface area contributed by atoms with Gasteiger partial charge in [0.25, 0.3) is 6.33 Å². The van der Waals surface area contributed by atoms with Gasteiger partial charge in [0.2, 0.25) is 0 Å². The van der Waals surface area contributed by atoms with Crippen LogP contribution in [0.5, 0.6) is 11.5 Å². The Hall–Kier alpha value is -7.33. The summed E-state index contributed by atoms with van der Waals surface area (Å²) < 4.78 is 132. The Kier molecular flexibility index (Phi) is 7.47. The Morgan fingerprint density at radius 3 is 1.93 bits per heavy atom. The van der Waals surface area contributed by atoms with E-state index in [1.165, 1.54) is 0 Å². The maximum absolute atomic E-state index is 9.76. The molecule has 1 aliphatic heterocycles. The van der Waals surface area contributed by atoms with E-state index in [2.05, 4.69) is 49.6 Å². The summed E-state index contributed by atoms with van der Waals surface area (Å²) >= 11 is 0. The van der Waals surface area contributed by atoms with Gasteiger partial charge in [-0.2, -0.15) is 16.7 Å². The van der Waals surface area contributed by atoms with E-state index in [-0.39, 0.29) is 76.7 Å². The predicted molar refractivity (Wildman–Crippen MR) is 274 cm³/mol. The van der Waals surface area contributed by atoms with Gasteiger partial charge in [-0.1, -0.05) is 156 Å². The summed E-state index contributed by atoms with van der Waals surface area (Å²) in [7, 11) is 0. The van der Waals surface area contributed by atoms with Crippen molar-refractivity contribution < 1.29 is 48.2 Å². The van der Waals surface area contributed by atoms with Gasteiger partial charge in [0, 0.05) is 66.7 Å². The van der Waals surface area contributed by atoms with Crippen molar-refractivity contribution in [3.8, 4) is 73.2 Å². The minimum Gasteiger partial charge on any atom is -0.509 e. The quantitative estimate of drug-likeness (QED) is 0.127. The molecule has 0 N–H and O–H groups in total. The molecule has 0 saturated carbocycles. The Morgan fingerprint density at radius 1 is 0.559 bits per heavy atom. The third kappa shape index (κ3) is 7.20. The standard InChI is InChI=1S/C62H49N4O.Pt/c1-61(2,3)41-32-33-63-58(36-41)66-55-28-15-14-26-50(55)51-31-30-45(38-57(51)66)67-44-21-16-20-43(37-44)64-39-65-59-53(40-18-8-7-9-19-40)34-42(62(4,5)6)35-54(59)49-25-13-11-23-47(49)46-22-10-12-24-48(46)52-27-17-29-56(64)60(52)65;/h7-36,39H,1-6H3;/q-1;/i7D,8D,9D,10D,11D,12D,13D,18D,19D,22D,23D,24D,25D;. The summed E-state index contributed by atoms with van der Waals surface area (Å²) in [6.07, 6.45) is 3.52. The Bertz CT molecular complexity index is 4510. The fraction of sp³-hybridized carbons (Fsp3) is 0.129. The van der Waals surface area contributed by atoms with Crippen molar-refractivity contribution in [2.75, 3.05) is 0 Å². The first-order valence-electron chi connectivity index (χ1n) is 28.6. The molecule has 334 valence electrons. The van der Waals surface area contributed by atoms with Crippen molar-refractivity contribution in [1.29, 1.82) is 0 Å². The molecule has 0 amide bonds. The molecule has 0 fully saturated rings. The number of fused-ring (bicyclic) bond motifs is 10. The first kappa shape index (κ1) is 30.9. The number of hydrogen-bond acceptors (Lipinski definition) is 2. The minimum absolute atomic E-state index is 0. The molecule has 0 radical (unpaired) electrons. The molecule has 68 heavy (non-hydrogen) atoms. The molecule has 0 saturated heterocycles. The molecule has 4 heterocycles. The Balaban J connectivity index is 0.00000690. The fourth-order valence-electron chi connectivity index (χ4n) is 9.21.